The molecule has 1 aromatic carbocycles. The number of carboxylic acid groups (broad SMARTS) is 1. The summed E-state index contributed by atoms with van der Waals surface area (Å²) in [5.74, 6) is -1.68. The van der Waals surface area contributed by atoms with Crippen LogP contribution in [0.5, 0.6) is 0 Å². The van der Waals surface area contributed by atoms with E-state index in [1.807, 2.05) is 0 Å². The molecule has 138 valence electrons. The van der Waals surface area contributed by atoms with Crippen molar-refractivity contribution in [1.82, 2.24) is 9.29 Å². The van der Waals surface area contributed by atoms with E-state index in [2.05, 4.69) is 10.3 Å². The lowest BCUT2D eigenvalue weighted by Crippen LogP contribution is -2.23. The summed E-state index contributed by atoms with van der Waals surface area (Å²) >= 11 is 0. The van der Waals surface area contributed by atoms with Gasteiger partial charge in [0.1, 0.15) is 4.90 Å². The summed E-state index contributed by atoms with van der Waals surface area (Å²) in [7, 11) is -0.964. The van der Waals surface area contributed by atoms with E-state index in [1.165, 1.54) is 32.4 Å². The topological polar surface area (TPSA) is 117 Å². The maximum Gasteiger partial charge on any atom is 0.336 e. The zero-order valence-corrected chi connectivity index (χ0v) is 15.6. The largest absolute Gasteiger partial charge is 0.478 e. The molecule has 0 saturated carbocycles. The third-order valence-corrected chi connectivity index (χ3v) is 5.69. The van der Waals surface area contributed by atoms with Gasteiger partial charge in [0, 0.05) is 32.2 Å². The summed E-state index contributed by atoms with van der Waals surface area (Å²) < 4.78 is 25.3. The number of carboxylic acids is 1. The van der Waals surface area contributed by atoms with Crippen molar-refractivity contribution in [2.24, 2.45) is 0 Å². The van der Waals surface area contributed by atoms with Crippen molar-refractivity contribution in [2.75, 3.05) is 19.4 Å². The molecule has 0 bridgehead atoms. The molecule has 0 saturated heterocycles. The Morgan fingerprint density at radius 3 is 2.35 bits per heavy atom. The van der Waals surface area contributed by atoms with Crippen LogP contribution in [-0.2, 0) is 10.0 Å². The first-order valence-electron chi connectivity index (χ1n) is 7.57. The van der Waals surface area contributed by atoms with Crippen LogP contribution in [0.1, 0.15) is 31.8 Å². The van der Waals surface area contributed by atoms with E-state index in [9.17, 15) is 23.1 Å². The van der Waals surface area contributed by atoms with Gasteiger partial charge >= 0.3 is 5.97 Å². The Morgan fingerprint density at radius 1 is 1.12 bits per heavy atom. The first-order valence-corrected chi connectivity index (χ1v) is 9.01. The summed E-state index contributed by atoms with van der Waals surface area (Å²) in [4.78, 5) is 27.4. The monoisotopic (exact) mass is 377 g/mol. The van der Waals surface area contributed by atoms with Crippen molar-refractivity contribution in [1.29, 1.82) is 0 Å². The predicted octanol–water partition coefficient (Wildman–Crippen LogP) is 1.90. The summed E-state index contributed by atoms with van der Waals surface area (Å²) in [6.45, 7) is 3.42. The number of amides is 1. The van der Waals surface area contributed by atoms with Gasteiger partial charge in [0.2, 0.25) is 10.0 Å². The molecule has 0 radical (unpaired) electrons. The first-order chi connectivity index (χ1) is 12.0. The highest BCUT2D eigenvalue weighted by molar-refractivity contribution is 7.89. The fourth-order valence-corrected chi connectivity index (χ4v) is 3.14. The number of anilines is 1. The molecular weight excluding hydrogens is 358 g/mol. The molecule has 1 heterocycles. The molecule has 2 rings (SSSR count). The molecule has 0 aliphatic rings. The number of hydrogen-bond donors (Lipinski definition) is 2. The quantitative estimate of drug-likeness (QED) is 0.822. The molecule has 2 aromatic rings. The third-order valence-electron chi connectivity index (χ3n) is 3.91. The molecule has 1 aromatic heterocycles. The van der Waals surface area contributed by atoms with Crippen molar-refractivity contribution in [3.8, 4) is 0 Å². The minimum absolute atomic E-state index is 0.0445. The van der Waals surface area contributed by atoms with Gasteiger partial charge in [-0.05, 0) is 43.2 Å². The Morgan fingerprint density at radius 2 is 1.77 bits per heavy atom. The summed E-state index contributed by atoms with van der Waals surface area (Å²) in [5, 5.41) is 11.8. The van der Waals surface area contributed by atoms with E-state index in [0.29, 0.717) is 16.8 Å². The number of carbonyl (C=O) groups excluding carboxylic acids is 1. The zero-order valence-electron chi connectivity index (χ0n) is 14.8. The van der Waals surface area contributed by atoms with Gasteiger partial charge in [0.05, 0.1) is 11.1 Å². The number of hydrogen-bond acceptors (Lipinski definition) is 5. The molecule has 0 unspecified atom stereocenters. The van der Waals surface area contributed by atoms with Gasteiger partial charge in [-0.1, -0.05) is 0 Å². The van der Waals surface area contributed by atoms with Crippen LogP contribution in [0.25, 0.3) is 0 Å². The van der Waals surface area contributed by atoms with Gasteiger partial charge < -0.3 is 10.4 Å². The van der Waals surface area contributed by atoms with Gasteiger partial charge in [0.15, 0.2) is 0 Å². The average Bonchev–Trinajstić information content (AvgIpc) is 2.57. The van der Waals surface area contributed by atoms with E-state index < -0.39 is 21.9 Å². The molecule has 0 aliphatic heterocycles. The number of aromatic nitrogens is 1. The lowest BCUT2D eigenvalue weighted by atomic mass is 10.0. The number of pyridine rings is 1. The summed E-state index contributed by atoms with van der Waals surface area (Å²) in [6.07, 6.45) is 2.40. The molecule has 26 heavy (non-hydrogen) atoms. The highest BCUT2D eigenvalue weighted by atomic mass is 32.2. The predicted molar refractivity (Wildman–Crippen MR) is 95.9 cm³/mol. The average molecular weight is 377 g/mol. The number of nitrogens with one attached hydrogen (secondary N) is 1. The fraction of sp³-hybridized carbons (Fsp3) is 0.235. The van der Waals surface area contributed by atoms with Crippen molar-refractivity contribution in [2.45, 2.75) is 18.7 Å². The molecule has 9 heteroatoms. The van der Waals surface area contributed by atoms with Gasteiger partial charge in [-0.3, -0.25) is 9.78 Å². The maximum atomic E-state index is 12.4. The van der Waals surface area contributed by atoms with Crippen LogP contribution in [0, 0.1) is 13.8 Å². The van der Waals surface area contributed by atoms with Crippen LogP contribution in [0.4, 0.5) is 5.69 Å². The van der Waals surface area contributed by atoms with Gasteiger partial charge in [0.25, 0.3) is 5.91 Å². The second kappa shape index (κ2) is 7.22. The van der Waals surface area contributed by atoms with E-state index in [0.717, 1.165) is 10.5 Å². The second-order valence-corrected chi connectivity index (χ2v) is 8.07. The smallest absolute Gasteiger partial charge is 0.336 e. The number of rotatable bonds is 5. The minimum atomic E-state index is -3.72. The Kier molecular flexibility index (Phi) is 5.43. The molecule has 1 amide bonds. The highest BCUT2D eigenvalue weighted by Gasteiger charge is 2.20. The molecule has 0 atom stereocenters. The lowest BCUT2D eigenvalue weighted by molar-refractivity contribution is 0.0695. The lowest BCUT2D eigenvalue weighted by Gasteiger charge is -2.13. The highest BCUT2D eigenvalue weighted by Crippen LogP contribution is 2.21. The molecule has 0 spiro atoms. The van der Waals surface area contributed by atoms with Crippen molar-refractivity contribution >= 4 is 27.6 Å². The fourth-order valence-electron chi connectivity index (χ4n) is 2.25. The van der Waals surface area contributed by atoms with Gasteiger partial charge in [-0.2, -0.15) is 0 Å². The van der Waals surface area contributed by atoms with Gasteiger partial charge in [-0.25, -0.2) is 17.5 Å². The first kappa shape index (κ1) is 19.5. The number of nitrogens with zero attached hydrogens (tertiary/aromatic N) is 2. The van der Waals surface area contributed by atoms with Crippen LogP contribution in [0.2, 0.25) is 0 Å². The van der Waals surface area contributed by atoms with Crippen LogP contribution >= 0.6 is 0 Å². The summed E-state index contributed by atoms with van der Waals surface area (Å²) in [6, 6.07) is 4.22. The number of aromatic carboxylic acids is 1. The standard InChI is InChI=1S/C17H19N3O5S/c1-10-5-13(7-15(11(10)2)17(22)23)19-16(21)12-6-14(9-18-8-12)26(24,25)20(3)4/h5-9H,1-4H3,(H,19,21)(H,22,23). The second-order valence-electron chi connectivity index (χ2n) is 5.92. The molecule has 0 fully saturated rings. The summed E-state index contributed by atoms with van der Waals surface area (Å²) in [5.41, 5.74) is 1.75. The molecule has 0 aliphatic carbocycles. The van der Waals surface area contributed by atoms with E-state index in [4.69, 9.17) is 0 Å². The van der Waals surface area contributed by atoms with E-state index in [1.54, 1.807) is 19.9 Å². The minimum Gasteiger partial charge on any atom is -0.478 e. The van der Waals surface area contributed by atoms with E-state index >= 15 is 0 Å². The van der Waals surface area contributed by atoms with Crippen LogP contribution in [0.15, 0.2) is 35.5 Å². The molecule has 8 nitrogen and oxygen atoms in total. The SMILES string of the molecule is Cc1cc(NC(=O)c2cncc(S(=O)(=O)N(C)C)c2)cc(C(=O)O)c1C. The van der Waals surface area contributed by atoms with Crippen LogP contribution in [0.3, 0.4) is 0 Å². The number of carbonyl (C=O) groups is 2. The number of aryl methyl sites for hydroxylation is 1. The van der Waals surface area contributed by atoms with E-state index in [-0.39, 0.29) is 16.0 Å². The Hall–Kier alpha value is -2.78. The Labute approximate surface area is 151 Å². The third kappa shape index (κ3) is 3.89. The Balaban J connectivity index is 2.36. The van der Waals surface area contributed by atoms with Gasteiger partial charge in [-0.15, -0.1) is 0 Å². The number of benzene rings is 1. The van der Waals surface area contributed by atoms with Crippen LogP contribution < -0.4 is 5.32 Å². The Bertz CT molecular complexity index is 984. The van der Waals surface area contributed by atoms with Crippen molar-refractivity contribution in [3.63, 3.8) is 0 Å². The van der Waals surface area contributed by atoms with Crippen molar-refractivity contribution in [3.05, 3.63) is 52.8 Å². The molecule has 2 N–H and O–H groups in total. The number of sulfonamides is 1. The normalized spacial score (nSPS) is 11.4. The zero-order chi connectivity index (χ0) is 19.6. The van der Waals surface area contributed by atoms with Crippen LogP contribution in [-0.4, -0.2) is 48.8 Å². The van der Waals surface area contributed by atoms with Crippen molar-refractivity contribution < 1.29 is 23.1 Å². The molecular formula is C17H19N3O5S. The maximum absolute atomic E-state index is 12.4.